The second kappa shape index (κ2) is 9.62. The largest absolute Gasteiger partial charge is 0.511 e. The van der Waals surface area contributed by atoms with E-state index in [-0.39, 0.29) is 54.0 Å². The zero-order valence-corrected chi connectivity index (χ0v) is 21.2. The number of amides is 1. The Morgan fingerprint density at radius 2 is 1.87 bits per heavy atom. The molecule has 7 N–H and O–H groups in total. The molecule has 0 saturated heterocycles. The SMILES string of the molecule is C[C@H](CNCc1cc(O)c2c(c1F)CC1C[C@H]3CC(O)=C(C(N)=O)C(=O)[C@@]3(O)C(O)=C1C2=O)c1ccccc1. The van der Waals surface area contributed by atoms with Crippen LogP contribution < -0.4 is 11.1 Å². The molecule has 0 heterocycles. The van der Waals surface area contributed by atoms with Crippen LogP contribution in [0.25, 0.3) is 0 Å². The molecular weight excluding hydrogens is 507 g/mol. The number of phenolic OH excluding ortho intramolecular Hbond substituents is 1. The molecule has 0 fully saturated rings. The first-order valence-corrected chi connectivity index (χ1v) is 12.7. The lowest BCUT2D eigenvalue weighted by Crippen LogP contribution is -2.57. The minimum atomic E-state index is -2.65. The van der Waals surface area contributed by atoms with E-state index in [4.69, 9.17) is 5.73 Å². The van der Waals surface area contributed by atoms with E-state index in [2.05, 4.69) is 5.32 Å². The molecule has 0 spiro atoms. The number of hydrogen-bond acceptors (Lipinski definition) is 8. The van der Waals surface area contributed by atoms with E-state index in [0.717, 1.165) is 11.6 Å². The lowest BCUT2D eigenvalue weighted by atomic mass is 9.60. The molecule has 2 aromatic carbocycles. The molecular formula is C29H29FN2O7. The van der Waals surface area contributed by atoms with Crippen molar-refractivity contribution in [2.24, 2.45) is 17.6 Å². The molecule has 1 amide bonds. The van der Waals surface area contributed by atoms with Crippen LogP contribution >= 0.6 is 0 Å². The van der Waals surface area contributed by atoms with Crippen molar-refractivity contribution < 1.29 is 39.2 Å². The van der Waals surface area contributed by atoms with Crippen LogP contribution in [0.2, 0.25) is 0 Å². The van der Waals surface area contributed by atoms with Crippen LogP contribution in [0.4, 0.5) is 4.39 Å². The Morgan fingerprint density at radius 3 is 2.54 bits per heavy atom. The van der Waals surface area contributed by atoms with Crippen molar-refractivity contribution in [1.82, 2.24) is 5.32 Å². The van der Waals surface area contributed by atoms with Crippen molar-refractivity contribution in [3.63, 3.8) is 0 Å². The number of aliphatic hydroxyl groups is 3. The molecule has 3 aliphatic rings. The fraction of sp³-hybridized carbons (Fsp3) is 0.345. The van der Waals surface area contributed by atoms with Gasteiger partial charge in [-0.2, -0.15) is 0 Å². The summed E-state index contributed by atoms with van der Waals surface area (Å²) in [6, 6.07) is 11.0. The summed E-state index contributed by atoms with van der Waals surface area (Å²) in [5.41, 5.74) is 2.31. The summed E-state index contributed by atoms with van der Waals surface area (Å²) in [5.74, 6) is -7.91. The van der Waals surface area contributed by atoms with E-state index in [0.29, 0.717) is 6.54 Å². The number of Topliss-reactive ketones (excluding diaryl/α,β-unsaturated/α-hetero) is 2. The molecule has 5 rings (SSSR count). The summed E-state index contributed by atoms with van der Waals surface area (Å²) in [6.07, 6.45) is -0.477. The van der Waals surface area contributed by atoms with Gasteiger partial charge < -0.3 is 31.5 Å². The first-order valence-electron chi connectivity index (χ1n) is 12.7. The highest BCUT2D eigenvalue weighted by Crippen LogP contribution is 2.51. The average Bonchev–Trinajstić information content (AvgIpc) is 2.89. The van der Waals surface area contributed by atoms with Gasteiger partial charge in [-0.1, -0.05) is 37.3 Å². The number of rotatable bonds is 6. The Labute approximate surface area is 223 Å². The van der Waals surface area contributed by atoms with Gasteiger partial charge >= 0.3 is 0 Å². The number of allylic oxidation sites excluding steroid dienone is 2. The molecule has 9 nitrogen and oxygen atoms in total. The lowest BCUT2D eigenvalue weighted by Gasteiger charge is -2.45. The van der Waals surface area contributed by atoms with E-state index in [1.54, 1.807) is 0 Å². The smallest absolute Gasteiger partial charge is 0.255 e. The second-order valence-electron chi connectivity index (χ2n) is 10.6. The zero-order valence-electron chi connectivity index (χ0n) is 21.2. The third kappa shape index (κ3) is 4.11. The maximum Gasteiger partial charge on any atom is 0.255 e. The second-order valence-corrected chi connectivity index (χ2v) is 10.6. The summed E-state index contributed by atoms with van der Waals surface area (Å²) < 4.78 is 15.7. The third-order valence-corrected chi connectivity index (χ3v) is 8.20. The number of primary amides is 1. The van der Waals surface area contributed by atoms with E-state index < -0.39 is 63.6 Å². The van der Waals surface area contributed by atoms with Crippen molar-refractivity contribution >= 4 is 17.5 Å². The number of fused-ring (bicyclic) bond motifs is 3. The Balaban J connectivity index is 1.45. The highest BCUT2D eigenvalue weighted by atomic mass is 19.1. The van der Waals surface area contributed by atoms with Crippen LogP contribution in [-0.4, -0.2) is 50.0 Å². The molecule has 204 valence electrons. The van der Waals surface area contributed by atoms with Crippen LogP contribution in [0.15, 0.2) is 59.1 Å². The number of phenols is 1. The first kappa shape index (κ1) is 26.6. The van der Waals surface area contributed by atoms with Crippen LogP contribution in [-0.2, 0) is 22.6 Å². The van der Waals surface area contributed by atoms with Crippen molar-refractivity contribution in [2.45, 2.75) is 44.2 Å². The minimum absolute atomic E-state index is 0.0142. The number of nitrogens with two attached hydrogens (primary N) is 1. The van der Waals surface area contributed by atoms with Gasteiger partial charge in [0.2, 0.25) is 5.78 Å². The molecule has 0 aromatic heterocycles. The van der Waals surface area contributed by atoms with Gasteiger partial charge in [0, 0.05) is 42.1 Å². The van der Waals surface area contributed by atoms with Gasteiger partial charge in [0.15, 0.2) is 11.4 Å². The number of nitrogens with one attached hydrogen (secondary N) is 1. The highest BCUT2D eigenvalue weighted by Gasteiger charge is 2.59. The van der Waals surface area contributed by atoms with Crippen LogP contribution in [0.3, 0.4) is 0 Å². The Bertz CT molecular complexity index is 1470. The van der Waals surface area contributed by atoms with Gasteiger partial charge in [0.05, 0.1) is 5.56 Å². The summed E-state index contributed by atoms with van der Waals surface area (Å²) in [4.78, 5) is 38.2. The maximum atomic E-state index is 15.7. The molecule has 0 saturated carbocycles. The van der Waals surface area contributed by atoms with Crippen molar-refractivity contribution in [3.8, 4) is 5.75 Å². The number of carbonyl (C=O) groups is 3. The van der Waals surface area contributed by atoms with Crippen LogP contribution in [0.5, 0.6) is 5.75 Å². The monoisotopic (exact) mass is 536 g/mol. The molecule has 0 bridgehead atoms. The fourth-order valence-electron chi connectivity index (χ4n) is 6.17. The molecule has 10 heteroatoms. The van der Waals surface area contributed by atoms with E-state index in [1.807, 2.05) is 37.3 Å². The van der Waals surface area contributed by atoms with E-state index in [1.165, 1.54) is 0 Å². The third-order valence-electron chi connectivity index (χ3n) is 8.20. The van der Waals surface area contributed by atoms with Gasteiger partial charge in [0.1, 0.15) is 28.7 Å². The number of benzene rings is 2. The van der Waals surface area contributed by atoms with Crippen LogP contribution in [0.1, 0.15) is 52.7 Å². The van der Waals surface area contributed by atoms with Crippen LogP contribution in [0, 0.1) is 17.7 Å². The first-order chi connectivity index (χ1) is 18.5. The molecule has 39 heavy (non-hydrogen) atoms. The summed E-state index contributed by atoms with van der Waals surface area (Å²) in [5, 5.41) is 46.5. The lowest BCUT2D eigenvalue weighted by molar-refractivity contribution is -0.144. The molecule has 1 unspecified atom stereocenters. The van der Waals surface area contributed by atoms with E-state index >= 15 is 4.39 Å². The van der Waals surface area contributed by atoms with Crippen molar-refractivity contribution in [2.75, 3.05) is 6.54 Å². The number of ketones is 2. The number of halogens is 1. The fourth-order valence-corrected chi connectivity index (χ4v) is 6.17. The van der Waals surface area contributed by atoms with Crippen molar-refractivity contribution in [3.05, 3.63) is 87.1 Å². The molecule has 3 aliphatic carbocycles. The van der Waals surface area contributed by atoms with E-state index in [9.17, 15) is 34.8 Å². The van der Waals surface area contributed by atoms with Gasteiger partial charge in [-0.05, 0) is 36.3 Å². The Hall–Kier alpha value is -4.02. The molecule has 2 aromatic rings. The normalized spacial score (nSPS) is 25.2. The van der Waals surface area contributed by atoms with Crippen molar-refractivity contribution in [1.29, 1.82) is 0 Å². The van der Waals surface area contributed by atoms with Gasteiger partial charge in [-0.3, -0.25) is 14.4 Å². The highest BCUT2D eigenvalue weighted by molar-refractivity contribution is 6.24. The topological polar surface area (TPSA) is 170 Å². The maximum absolute atomic E-state index is 15.7. The van der Waals surface area contributed by atoms with Gasteiger partial charge in [0.25, 0.3) is 5.91 Å². The predicted octanol–water partition coefficient (Wildman–Crippen LogP) is 2.61. The zero-order chi connectivity index (χ0) is 28.2. The predicted molar refractivity (Wildman–Crippen MR) is 137 cm³/mol. The molecule has 0 aliphatic heterocycles. The van der Waals surface area contributed by atoms with Gasteiger partial charge in [-0.25, -0.2) is 4.39 Å². The molecule has 0 radical (unpaired) electrons. The van der Waals surface area contributed by atoms with Gasteiger partial charge in [-0.15, -0.1) is 0 Å². The number of aliphatic hydroxyl groups excluding tert-OH is 2. The quantitative estimate of drug-likeness (QED) is 0.306. The number of aromatic hydroxyl groups is 1. The number of carbonyl (C=O) groups excluding carboxylic acids is 3. The Morgan fingerprint density at radius 1 is 1.18 bits per heavy atom. The Kier molecular flexibility index (Phi) is 6.56. The summed E-state index contributed by atoms with van der Waals surface area (Å²) in [7, 11) is 0. The summed E-state index contributed by atoms with van der Waals surface area (Å²) in [6.45, 7) is 2.67. The average molecular weight is 537 g/mol. The number of hydrogen-bond donors (Lipinski definition) is 6. The standard InChI is InChI=1S/C29H29FN2O7/c1-13(14-5-3-2-4-6-14)11-32-12-16-9-19(33)22-18(24(16)30)8-15-7-17-10-20(34)23(28(31)38)27(37)29(17,39)26(36)21(15)25(22)35/h2-6,9,13,15,17,32-34,36,39H,7-8,10-12H2,1H3,(H2,31,38)/t13-,15?,17+,29+/m1/s1. The molecule has 4 atom stereocenters. The summed E-state index contributed by atoms with van der Waals surface area (Å²) >= 11 is 0. The minimum Gasteiger partial charge on any atom is -0.511 e.